The maximum absolute atomic E-state index is 11.2. The Kier molecular flexibility index (Phi) is 7.09. The van der Waals surface area contributed by atoms with Crippen molar-refractivity contribution in [3.63, 3.8) is 0 Å². The molecule has 0 spiro atoms. The number of rotatable bonds is 6. The van der Waals surface area contributed by atoms with Crippen LogP contribution in [0.1, 0.15) is 59.5 Å². The van der Waals surface area contributed by atoms with E-state index in [1.807, 2.05) is 24.3 Å². The minimum absolute atomic E-state index is 0.123. The van der Waals surface area contributed by atoms with Crippen LogP contribution in [0, 0.1) is 6.92 Å². The van der Waals surface area contributed by atoms with E-state index >= 15 is 0 Å². The molecule has 3 rings (SSSR count). The van der Waals surface area contributed by atoms with Crippen LogP contribution in [-0.2, 0) is 5.41 Å². The number of carboxylic acids is 1. The molecular formula is C29H33NO3. The average molecular weight is 444 g/mol. The van der Waals surface area contributed by atoms with Crippen LogP contribution in [0.5, 0.6) is 0 Å². The van der Waals surface area contributed by atoms with E-state index in [1.165, 1.54) is 5.56 Å². The van der Waals surface area contributed by atoms with Crippen LogP contribution in [0.25, 0.3) is 17.2 Å². The smallest absolute Gasteiger partial charge is 0.335 e. The van der Waals surface area contributed by atoms with E-state index in [4.69, 9.17) is 5.11 Å². The van der Waals surface area contributed by atoms with Crippen LogP contribution < -0.4 is 4.90 Å². The zero-order chi connectivity index (χ0) is 24.3. The Morgan fingerprint density at radius 1 is 1.00 bits per heavy atom. The van der Waals surface area contributed by atoms with Crippen molar-refractivity contribution >= 4 is 17.7 Å². The number of anilines is 1. The molecule has 0 aromatic heterocycles. The van der Waals surface area contributed by atoms with Crippen LogP contribution in [0.3, 0.4) is 0 Å². The molecule has 0 heterocycles. The SMILES string of the molecule is Cc1c(C(O)/C=C/c2ccc(C(=O)O)cc2)cc(C(C)(C)C)c(N(C)C)c1-c1ccccc1. The van der Waals surface area contributed by atoms with Crippen LogP contribution in [-0.4, -0.2) is 30.3 Å². The molecule has 4 nitrogen and oxygen atoms in total. The molecule has 1 unspecified atom stereocenters. The van der Waals surface area contributed by atoms with E-state index < -0.39 is 12.1 Å². The largest absolute Gasteiger partial charge is 0.478 e. The summed E-state index contributed by atoms with van der Waals surface area (Å²) in [6.45, 7) is 8.64. The Morgan fingerprint density at radius 2 is 1.61 bits per heavy atom. The lowest BCUT2D eigenvalue weighted by atomic mass is 9.79. The molecule has 33 heavy (non-hydrogen) atoms. The standard InChI is InChI=1S/C29H33NO3/c1-19-23(25(31)17-14-20-12-15-22(16-13-20)28(32)33)18-24(29(2,3)4)27(30(5)6)26(19)21-10-8-7-9-11-21/h7-18,25,31H,1-6H3,(H,32,33)/b17-14+. The van der Waals surface area contributed by atoms with Crippen LogP contribution in [0.4, 0.5) is 5.69 Å². The summed E-state index contributed by atoms with van der Waals surface area (Å²) in [5.41, 5.74) is 7.43. The van der Waals surface area contributed by atoms with Crippen LogP contribution in [0.2, 0.25) is 0 Å². The molecule has 3 aromatic carbocycles. The predicted molar refractivity (Wildman–Crippen MR) is 137 cm³/mol. The van der Waals surface area contributed by atoms with Gasteiger partial charge in [0.05, 0.1) is 11.7 Å². The van der Waals surface area contributed by atoms with E-state index in [0.29, 0.717) is 0 Å². The molecule has 1 atom stereocenters. The summed E-state index contributed by atoms with van der Waals surface area (Å²) in [4.78, 5) is 13.2. The van der Waals surface area contributed by atoms with Gasteiger partial charge in [-0.3, -0.25) is 0 Å². The predicted octanol–water partition coefficient (Wildman–Crippen LogP) is 6.47. The van der Waals surface area contributed by atoms with Gasteiger partial charge in [0.25, 0.3) is 0 Å². The van der Waals surface area contributed by atoms with E-state index in [-0.39, 0.29) is 11.0 Å². The van der Waals surface area contributed by atoms with Crippen molar-refractivity contribution in [1.82, 2.24) is 0 Å². The summed E-state index contributed by atoms with van der Waals surface area (Å²) in [6.07, 6.45) is 2.78. The molecule has 2 N–H and O–H groups in total. The first-order valence-corrected chi connectivity index (χ1v) is 11.1. The van der Waals surface area contributed by atoms with Gasteiger partial charge < -0.3 is 15.1 Å². The first kappa shape index (κ1) is 24.3. The number of carboxylic acid groups (broad SMARTS) is 1. The summed E-state index contributed by atoms with van der Waals surface area (Å²) in [7, 11) is 4.13. The van der Waals surface area contributed by atoms with Crippen molar-refractivity contribution in [3.05, 3.63) is 94.6 Å². The van der Waals surface area contributed by atoms with Crippen molar-refractivity contribution in [3.8, 4) is 11.1 Å². The first-order chi connectivity index (χ1) is 15.5. The monoisotopic (exact) mass is 443 g/mol. The number of benzene rings is 3. The summed E-state index contributed by atoms with van der Waals surface area (Å²) >= 11 is 0. The fraction of sp³-hybridized carbons (Fsp3) is 0.276. The molecule has 172 valence electrons. The van der Waals surface area contributed by atoms with Gasteiger partial charge in [-0.15, -0.1) is 0 Å². The Balaban J connectivity index is 2.14. The number of hydrogen-bond acceptors (Lipinski definition) is 3. The molecule has 0 saturated heterocycles. The zero-order valence-electron chi connectivity index (χ0n) is 20.3. The van der Waals surface area contributed by atoms with Crippen molar-refractivity contribution < 1.29 is 15.0 Å². The van der Waals surface area contributed by atoms with Gasteiger partial charge >= 0.3 is 5.97 Å². The second-order valence-corrected chi connectivity index (χ2v) is 9.60. The number of carbonyl (C=O) groups is 1. The molecular weight excluding hydrogens is 410 g/mol. The topological polar surface area (TPSA) is 60.8 Å². The van der Waals surface area contributed by atoms with Gasteiger partial charge in [-0.2, -0.15) is 0 Å². The molecule has 0 amide bonds. The molecule has 0 fully saturated rings. The van der Waals surface area contributed by atoms with Crippen molar-refractivity contribution in [2.45, 2.75) is 39.2 Å². The maximum Gasteiger partial charge on any atom is 0.335 e. The number of aliphatic hydroxyl groups is 1. The minimum atomic E-state index is -0.953. The summed E-state index contributed by atoms with van der Waals surface area (Å²) in [5, 5.41) is 20.3. The summed E-state index contributed by atoms with van der Waals surface area (Å²) in [5.74, 6) is -0.953. The number of hydrogen-bond donors (Lipinski definition) is 2. The Bertz CT molecular complexity index is 1150. The van der Waals surface area contributed by atoms with Gasteiger partial charge in [0, 0.05) is 25.3 Å². The number of aromatic carboxylic acids is 1. The lowest BCUT2D eigenvalue weighted by molar-refractivity contribution is 0.0697. The summed E-state index contributed by atoms with van der Waals surface area (Å²) < 4.78 is 0. The fourth-order valence-electron chi connectivity index (χ4n) is 4.13. The highest BCUT2D eigenvalue weighted by molar-refractivity contribution is 5.88. The molecule has 0 aliphatic rings. The molecule has 0 bridgehead atoms. The molecule has 4 heteroatoms. The van der Waals surface area contributed by atoms with Crippen LogP contribution >= 0.6 is 0 Å². The van der Waals surface area contributed by atoms with Gasteiger partial charge in [0.2, 0.25) is 0 Å². The highest BCUT2D eigenvalue weighted by Gasteiger charge is 2.27. The van der Waals surface area contributed by atoms with Gasteiger partial charge in [-0.25, -0.2) is 4.79 Å². The lowest BCUT2D eigenvalue weighted by Crippen LogP contribution is -2.22. The van der Waals surface area contributed by atoms with Gasteiger partial charge in [-0.05, 0) is 58.4 Å². The average Bonchev–Trinajstić information content (AvgIpc) is 2.77. The quantitative estimate of drug-likeness (QED) is 0.458. The van der Waals surface area contributed by atoms with Gasteiger partial charge in [0.1, 0.15) is 0 Å². The highest BCUT2D eigenvalue weighted by atomic mass is 16.4. The van der Waals surface area contributed by atoms with E-state index in [2.05, 4.69) is 64.9 Å². The Hall–Kier alpha value is -3.37. The third kappa shape index (κ3) is 5.35. The number of nitrogens with zero attached hydrogens (tertiary/aromatic N) is 1. The highest BCUT2D eigenvalue weighted by Crippen LogP contribution is 2.44. The van der Waals surface area contributed by atoms with Crippen molar-refractivity contribution in [2.24, 2.45) is 0 Å². The number of aliphatic hydroxyl groups excluding tert-OH is 1. The van der Waals surface area contributed by atoms with E-state index in [1.54, 1.807) is 30.3 Å². The normalized spacial score (nSPS) is 12.7. The molecule has 0 saturated carbocycles. The molecule has 0 aliphatic carbocycles. The van der Waals surface area contributed by atoms with Gasteiger partial charge in [0.15, 0.2) is 0 Å². The Labute approximate surface area is 196 Å². The van der Waals surface area contributed by atoms with Gasteiger partial charge in [-0.1, -0.05) is 75.4 Å². The molecule has 0 aliphatic heterocycles. The lowest BCUT2D eigenvalue weighted by Gasteiger charge is -2.32. The fourth-order valence-corrected chi connectivity index (χ4v) is 4.13. The first-order valence-electron chi connectivity index (χ1n) is 11.1. The maximum atomic E-state index is 11.2. The summed E-state index contributed by atoms with van der Waals surface area (Å²) in [6, 6.07) is 19.0. The third-order valence-corrected chi connectivity index (χ3v) is 5.86. The van der Waals surface area contributed by atoms with Crippen LogP contribution in [0.15, 0.2) is 66.7 Å². The molecule has 3 aromatic rings. The third-order valence-electron chi connectivity index (χ3n) is 5.86. The Morgan fingerprint density at radius 3 is 2.12 bits per heavy atom. The van der Waals surface area contributed by atoms with E-state index in [9.17, 15) is 9.90 Å². The second-order valence-electron chi connectivity index (χ2n) is 9.60. The second kappa shape index (κ2) is 9.63. The van der Waals surface area contributed by atoms with Crippen molar-refractivity contribution in [1.29, 1.82) is 0 Å². The zero-order valence-corrected chi connectivity index (χ0v) is 20.3. The van der Waals surface area contributed by atoms with Crippen molar-refractivity contribution in [2.75, 3.05) is 19.0 Å². The van der Waals surface area contributed by atoms with E-state index in [0.717, 1.165) is 33.5 Å². The minimum Gasteiger partial charge on any atom is -0.478 e. The molecule has 0 radical (unpaired) electrons.